The van der Waals surface area contributed by atoms with Gasteiger partial charge in [-0.1, -0.05) is 54.6 Å². The van der Waals surface area contributed by atoms with Crippen LogP contribution in [-0.2, 0) is 5.41 Å². The van der Waals surface area contributed by atoms with E-state index in [4.69, 9.17) is 35.4 Å². The van der Waals surface area contributed by atoms with Crippen molar-refractivity contribution in [2.75, 3.05) is 11.9 Å². The molecule has 1 aliphatic rings. The van der Waals surface area contributed by atoms with Crippen LogP contribution in [0.4, 0.5) is 5.69 Å². The summed E-state index contributed by atoms with van der Waals surface area (Å²) in [5.41, 5.74) is 2.06. The zero-order valence-electron chi connectivity index (χ0n) is 13.9. The number of benzene rings is 1. The quantitative estimate of drug-likeness (QED) is 0.525. The average molecular weight is 394 g/mol. The predicted molar refractivity (Wildman–Crippen MR) is 110 cm³/mol. The Kier molecular flexibility index (Phi) is 6.15. The van der Waals surface area contributed by atoms with Crippen molar-refractivity contribution in [3.8, 4) is 0 Å². The van der Waals surface area contributed by atoms with Crippen molar-refractivity contribution in [1.82, 2.24) is 10.3 Å². The number of halogens is 2. The number of anilines is 1. The fraction of sp³-hybridized carbons (Fsp3) is 0.368. The summed E-state index contributed by atoms with van der Waals surface area (Å²) in [6.45, 7) is 0.775. The van der Waals surface area contributed by atoms with Gasteiger partial charge in [-0.3, -0.25) is 0 Å². The lowest BCUT2D eigenvalue weighted by Crippen LogP contribution is -2.43. The van der Waals surface area contributed by atoms with E-state index in [0.29, 0.717) is 16.0 Å². The van der Waals surface area contributed by atoms with Gasteiger partial charge in [0.25, 0.3) is 0 Å². The van der Waals surface area contributed by atoms with Crippen molar-refractivity contribution in [3.63, 3.8) is 0 Å². The van der Waals surface area contributed by atoms with Gasteiger partial charge in [0.15, 0.2) is 10.3 Å². The molecule has 1 saturated carbocycles. The first-order valence-corrected chi connectivity index (χ1v) is 9.67. The van der Waals surface area contributed by atoms with Crippen LogP contribution in [-0.4, -0.2) is 16.6 Å². The summed E-state index contributed by atoms with van der Waals surface area (Å²) in [6.07, 6.45) is 7.66. The third-order valence-corrected chi connectivity index (χ3v) is 5.62. The Labute approximate surface area is 164 Å². The van der Waals surface area contributed by atoms with Crippen LogP contribution in [0.1, 0.15) is 37.7 Å². The summed E-state index contributed by atoms with van der Waals surface area (Å²) in [5.74, 6) is 0. The number of hydrogen-bond acceptors (Lipinski definition) is 2. The number of nitrogens with zero attached hydrogens (tertiary/aromatic N) is 1. The number of rotatable bonds is 4. The topological polar surface area (TPSA) is 37.0 Å². The first-order valence-electron chi connectivity index (χ1n) is 8.50. The van der Waals surface area contributed by atoms with E-state index < -0.39 is 0 Å². The molecule has 1 aromatic carbocycles. The van der Waals surface area contributed by atoms with Crippen LogP contribution in [0.2, 0.25) is 10.2 Å². The maximum atomic E-state index is 6.23. The largest absolute Gasteiger partial charge is 0.362 e. The fourth-order valence-corrected chi connectivity index (χ4v) is 4.05. The molecule has 2 aromatic rings. The van der Waals surface area contributed by atoms with Gasteiger partial charge >= 0.3 is 0 Å². The minimum Gasteiger partial charge on any atom is -0.362 e. The van der Waals surface area contributed by atoms with E-state index in [1.54, 1.807) is 6.20 Å². The van der Waals surface area contributed by atoms with Crippen molar-refractivity contribution < 1.29 is 0 Å². The van der Waals surface area contributed by atoms with Crippen molar-refractivity contribution in [2.24, 2.45) is 0 Å². The van der Waals surface area contributed by atoms with Crippen LogP contribution in [0.25, 0.3) is 0 Å². The Hall–Kier alpha value is -1.36. The maximum Gasteiger partial charge on any atom is 0.170 e. The Balaban J connectivity index is 1.71. The van der Waals surface area contributed by atoms with Gasteiger partial charge in [-0.15, -0.1) is 0 Å². The average Bonchev–Trinajstić information content (AvgIpc) is 2.63. The summed E-state index contributed by atoms with van der Waals surface area (Å²) in [7, 11) is 0. The van der Waals surface area contributed by atoms with Crippen LogP contribution in [0.3, 0.4) is 0 Å². The first kappa shape index (κ1) is 18.4. The number of nitrogens with one attached hydrogen (secondary N) is 2. The second kappa shape index (κ2) is 8.35. The summed E-state index contributed by atoms with van der Waals surface area (Å²) in [6, 6.07) is 11.9. The lowest BCUT2D eigenvalue weighted by molar-refractivity contribution is 0.292. The van der Waals surface area contributed by atoms with E-state index in [9.17, 15) is 0 Å². The van der Waals surface area contributed by atoms with Crippen LogP contribution in [0.5, 0.6) is 0 Å². The number of hydrogen-bond donors (Lipinski definition) is 2. The van der Waals surface area contributed by atoms with Gasteiger partial charge < -0.3 is 10.6 Å². The number of pyridine rings is 1. The summed E-state index contributed by atoms with van der Waals surface area (Å²) < 4.78 is 0. The van der Waals surface area contributed by atoms with Crippen molar-refractivity contribution >= 4 is 46.2 Å². The summed E-state index contributed by atoms with van der Waals surface area (Å²) >= 11 is 17.8. The molecule has 1 aliphatic carbocycles. The molecule has 0 amide bonds. The molecular formula is C19H21Cl2N3S. The van der Waals surface area contributed by atoms with Crippen LogP contribution in [0, 0.1) is 0 Å². The molecule has 132 valence electrons. The van der Waals surface area contributed by atoms with E-state index >= 15 is 0 Å². The molecule has 1 heterocycles. The highest BCUT2D eigenvalue weighted by Crippen LogP contribution is 2.39. The molecule has 0 bridgehead atoms. The summed E-state index contributed by atoms with van der Waals surface area (Å²) in [4.78, 5) is 4.05. The van der Waals surface area contributed by atoms with Crippen molar-refractivity contribution in [1.29, 1.82) is 0 Å². The molecule has 3 rings (SSSR count). The van der Waals surface area contributed by atoms with E-state index in [-0.39, 0.29) is 5.41 Å². The maximum absolute atomic E-state index is 6.23. The highest BCUT2D eigenvalue weighted by atomic mass is 35.5. The number of thiocarbonyl (C=S) groups is 1. The molecule has 0 atom stereocenters. The van der Waals surface area contributed by atoms with Gasteiger partial charge in [0, 0.05) is 23.2 Å². The predicted octanol–water partition coefficient (Wildman–Crippen LogP) is 5.58. The molecule has 0 radical (unpaired) electrons. The van der Waals surface area contributed by atoms with Crippen LogP contribution < -0.4 is 10.6 Å². The molecule has 3 nitrogen and oxygen atoms in total. The fourth-order valence-electron chi connectivity index (χ4n) is 3.51. The molecule has 1 aromatic heterocycles. The standard InChI is InChI=1S/C19H21Cl2N3S/c20-15-7-4-6-14(12-15)19(9-2-1-3-10-19)13-23-18(25)24-16-8-5-11-22-17(16)21/h4-8,11-12H,1-3,9-10,13H2,(H2,23,24,25). The Morgan fingerprint density at radius 2 is 1.92 bits per heavy atom. The van der Waals surface area contributed by atoms with Crippen molar-refractivity contribution in [3.05, 3.63) is 58.3 Å². The highest BCUT2D eigenvalue weighted by molar-refractivity contribution is 7.80. The Morgan fingerprint density at radius 1 is 1.12 bits per heavy atom. The lowest BCUT2D eigenvalue weighted by Gasteiger charge is -2.38. The van der Waals surface area contributed by atoms with Gasteiger partial charge in [-0.05, 0) is 54.9 Å². The normalized spacial score (nSPS) is 16.2. The van der Waals surface area contributed by atoms with Gasteiger partial charge in [0.2, 0.25) is 0 Å². The van der Waals surface area contributed by atoms with E-state index in [1.165, 1.54) is 24.8 Å². The SMILES string of the molecule is S=C(NCC1(c2cccc(Cl)c2)CCCCC1)Nc1cccnc1Cl. The molecule has 25 heavy (non-hydrogen) atoms. The molecule has 0 spiro atoms. The number of aromatic nitrogens is 1. The second-order valence-electron chi connectivity index (χ2n) is 6.50. The van der Waals surface area contributed by atoms with Crippen LogP contribution in [0.15, 0.2) is 42.6 Å². The minimum absolute atomic E-state index is 0.0631. The molecular weight excluding hydrogens is 373 g/mol. The molecule has 6 heteroatoms. The zero-order chi connectivity index (χ0) is 17.7. The van der Waals surface area contributed by atoms with Crippen molar-refractivity contribution in [2.45, 2.75) is 37.5 Å². The van der Waals surface area contributed by atoms with Crippen LogP contribution >= 0.6 is 35.4 Å². The van der Waals surface area contributed by atoms with Gasteiger partial charge in [-0.25, -0.2) is 4.98 Å². The third-order valence-electron chi connectivity index (χ3n) is 4.84. The van der Waals surface area contributed by atoms with Gasteiger partial charge in [0.05, 0.1) is 5.69 Å². The third kappa shape index (κ3) is 4.63. The molecule has 0 saturated heterocycles. The van der Waals surface area contributed by atoms with Gasteiger partial charge in [-0.2, -0.15) is 0 Å². The molecule has 2 N–H and O–H groups in total. The van der Waals surface area contributed by atoms with Gasteiger partial charge in [0.1, 0.15) is 0 Å². The summed E-state index contributed by atoms with van der Waals surface area (Å²) in [5, 5.41) is 8.26. The smallest absolute Gasteiger partial charge is 0.170 e. The Morgan fingerprint density at radius 3 is 2.64 bits per heavy atom. The zero-order valence-corrected chi connectivity index (χ0v) is 16.2. The minimum atomic E-state index is 0.0631. The van der Waals surface area contributed by atoms with E-state index in [2.05, 4.69) is 27.8 Å². The first-order chi connectivity index (χ1) is 12.1. The monoisotopic (exact) mass is 393 g/mol. The van der Waals surface area contributed by atoms with E-state index in [0.717, 1.165) is 24.4 Å². The lowest BCUT2D eigenvalue weighted by atomic mass is 9.69. The Bertz CT molecular complexity index is 745. The molecule has 1 fully saturated rings. The molecule has 0 aliphatic heterocycles. The molecule has 0 unspecified atom stereocenters. The van der Waals surface area contributed by atoms with E-state index in [1.807, 2.05) is 24.3 Å². The highest BCUT2D eigenvalue weighted by Gasteiger charge is 2.34. The second-order valence-corrected chi connectivity index (χ2v) is 7.70.